The third kappa shape index (κ3) is 2.34. The second-order valence-corrected chi connectivity index (χ2v) is 1.49. The highest BCUT2D eigenvalue weighted by atomic mass is 16.3. The largest absolute Gasteiger partial charge is 0.504 e. The molecule has 0 spiro atoms. The molecule has 0 unspecified atom stereocenters. The second-order valence-electron chi connectivity index (χ2n) is 1.49. The fourth-order valence-corrected chi connectivity index (χ4v) is 0.464. The van der Waals surface area contributed by atoms with Crippen LogP contribution in [0.2, 0.25) is 0 Å². The number of para-hydroxylation sites is 2. The topological polar surface area (TPSA) is 107 Å². The van der Waals surface area contributed by atoms with Crippen molar-refractivity contribution in [1.82, 2.24) is 6.15 Å². The highest BCUT2D eigenvalue weighted by molar-refractivity contribution is 5.36. The van der Waals surface area contributed by atoms with Crippen molar-refractivity contribution in [3.05, 3.63) is 24.3 Å². The highest BCUT2D eigenvalue weighted by Gasteiger charge is 1.90. The van der Waals surface area contributed by atoms with E-state index >= 15 is 0 Å². The zero-order valence-corrected chi connectivity index (χ0v) is 5.41. The van der Waals surface area contributed by atoms with Crippen LogP contribution in [0, 0.1) is 0 Å². The predicted molar refractivity (Wildman–Crippen MR) is 38.4 cm³/mol. The molecule has 0 amide bonds. The van der Waals surface area contributed by atoms with Gasteiger partial charge in [0, 0.05) is 0 Å². The molecular formula is C6H11NO3. The van der Waals surface area contributed by atoms with Gasteiger partial charge in [0.2, 0.25) is 0 Å². The van der Waals surface area contributed by atoms with E-state index in [1.165, 1.54) is 12.1 Å². The van der Waals surface area contributed by atoms with E-state index in [-0.39, 0.29) is 23.1 Å². The first-order valence-electron chi connectivity index (χ1n) is 2.27. The van der Waals surface area contributed by atoms with Crippen molar-refractivity contribution in [2.45, 2.75) is 0 Å². The van der Waals surface area contributed by atoms with Crippen molar-refractivity contribution in [2.24, 2.45) is 0 Å². The SMILES string of the molecule is N.O.Oc1ccccc1O. The average Bonchev–Trinajstić information content (AvgIpc) is 1.77. The summed E-state index contributed by atoms with van der Waals surface area (Å²) < 4.78 is 0. The van der Waals surface area contributed by atoms with Crippen LogP contribution in [0.5, 0.6) is 11.5 Å². The summed E-state index contributed by atoms with van der Waals surface area (Å²) in [4.78, 5) is 0. The number of rotatable bonds is 0. The number of benzene rings is 1. The maximum absolute atomic E-state index is 8.67. The van der Waals surface area contributed by atoms with Gasteiger partial charge in [-0.05, 0) is 12.1 Å². The molecule has 0 saturated carbocycles. The van der Waals surface area contributed by atoms with Gasteiger partial charge in [0.05, 0.1) is 0 Å². The Kier molecular flexibility index (Phi) is 5.31. The number of hydrogen-bond acceptors (Lipinski definition) is 3. The van der Waals surface area contributed by atoms with Crippen LogP contribution in [0.15, 0.2) is 24.3 Å². The van der Waals surface area contributed by atoms with Gasteiger partial charge in [-0.1, -0.05) is 12.1 Å². The summed E-state index contributed by atoms with van der Waals surface area (Å²) in [6, 6.07) is 6.15. The van der Waals surface area contributed by atoms with Gasteiger partial charge in [0.15, 0.2) is 11.5 Å². The lowest BCUT2D eigenvalue weighted by atomic mass is 10.3. The van der Waals surface area contributed by atoms with Gasteiger partial charge in [-0.3, -0.25) is 0 Å². The summed E-state index contributed by atoms with van der Waals surface area (Å²) in [7, 11) is 0. The highest BCUT2D eigenvalue weighted by Crippen LogP contribution is 2.21. The van der Waals surface area contributed by atoms with Crippen molar-refractivity contribution in [3.8, 4) is 11.5 Å². The molecule has 0 radical (unpaired) electrons. The van der Waals surface area contributed by atoms with Crippen LogP contribution in [0.1, 0.15) is 0 Å². The van der Waals surface area contributed by atoms with Crippen molar-refractivity contribution >= 4 is 0 Å². The minimum absolute atomic E-state index is 0. The molecular weight excluding hydrogens is 134 g/mol. The third-order valence-corrected chi connectivity index (χ3v) is 0.882. The van der Waals surface area contributed by atoms with Gasteiger partial charge in [-0.2, -0.15) is 0 Å². The first-order chi connectivity index (χ1) is 3.80. The van der Waals surface area contributed by atoms with E-state index in [1.54, 1.807) is 12.1 Å². The molecule has 0 atom stereocenters. The Hall–Kier alpha value is -1.26. The Morgan fingerprint density at radius 1 is 0.900 bits per heavy atom. The van der Waals surface area contributed by atoms with Gasteiger partial charge >= 0.3 is 0 Å². The molecule has 0 heterocycles. The molecule has 58 valence electrons. The molecule has 4 nitrogen and oxygen atoms in total. The summed E-state index contributed by atoms with van der Waals surface area (Å²) in [5, 5.41) is 17.3. The van der Waals surface area contributed by atoms with Crippen LogP contribution in [0.3, 0.4) is 0 Å². The lowest BCUT2D eigenvalue weighted by Gasteiger charge is -1.91. The van der Waals surface area contributed by atoms with Crippen LogP contribution < -0.4 is 6.15 Å². The van der Waals surface area contributed by atoms with Crippen molar-refractivity contribution in [2.75, 3.05) is 0 Å². The van der Waals surface area contributed by atoms with Crippen molar-refractivity contribution < 1.29 is 15.7 Å². The summed E-state index contributed by atoms with van der Waals surface area (Å²) >= 11 is 0. The van der Waals surface area contributed by atoms with E-state index in [9.17, 15) is 0 Å². The van der Waals surface area contributed by atoms with Crippen molar-refractivity contribution in [3.63, 3.8) is 0 Å². The normalized spacial score (nSPS) is 7.20. The Balaban J connectivity index is 0. The van der Waals surface area contributed by atoms with Gasteiger partial charge in [0.1, 0.15) is 0 Å². The monoisotopic (exact) mass is 145 g/mol. The van der Waals surface area contributed by atoms with Gasteiger partial charge < -0.3 is 21.8 Å². The summed E-state index contributed by atoms with van der Waals surface area (Å²) in [5.41, 5.74) is 0. The molecule has 1 aromatic rings. The summed E-state index contributed by atoms with van der Waals surface area (Å²) in [6.45, 7) is 0. The summed E-state index contributed by atoms with van der Waals surface area (Å²) in [6.07, 6.45) is 0. The fraction of sp³-hybridized carbons (Fsp3) is 0. The average molecular weight is 145 g/mol. The third-order valence-electron chi connectivity index (χ3n) is 0.882. The Bertz CT molecular complexity index is 169. The lowest BCUT2D eigenvalue weighted by Crippen LogP contribution is -1.63. The van der Waals surface area contributed by atoms with E-state index < -0.39 is 0 Å². The molecule has 0 aliphatic carbocycles. The van der Waals surface area contributed by atoms with Crippen LogP contribution in [0.25, 0.3) is 0 Å². The Morgan fingerprint density at radius 2 is 1.20 bits per heavy atom. The van der Waals surface area contributed by atoms with Gasteiger partial charge in [-0.25, -0.2) is 0 Å². The van der Waals surface area contributed by atoms with E-state index in [0.717, 1.165) is 0 Å². The summed E-state index contributed by atoms with van der Waals surface area (Å²) in [5.74, 6) is -0.153. The van der Waals surface area contributed by atoms with E-state index in [0.29, 0.717) is 0 Å². The molecule has 4 heteroatoms. The standard InChI is InChI=1S/C6H6O2.H3N.H2O/c7-5-3-1-2-4-6(5)8;;/h1-4,7-8H;1H3;1H2. The zero-order chi connectivity index (χ0) is 5.98. The lowest BCUT2D eigenvalue weighted by molar-refractivity contribution is 0.404. The van der Waals surface area contributed by atoms with Crippen LogP contribution in [0.4, 0.5) is 0 Å². The smallest absolute Gasteiger partial charge is 0.157 e. The van der Waals surface area contributed by atoms with E-state index in [1.807, 2.05) is 0 Å². The second kappa shape index (κ2) is 4.60. The molecule has 7 N–H and O–H groups in total. The quantitative estimate of drug-likeness (QED) is 0.461. The van der Waals surface area contributed by atoms with E-state index in [2.05, 4.69) is 0 Å². The van der Waals surface area contributed by atoms with Crippen molar-refractivity contribution in [1.29, 1.82) is 0 Å². The Labute approximate surface area is 58.6 Å². The maximum Gasteiger partial charge on any atom is 0.157 e. The van der Waals surface area contributed by atoms with Crippen LogP contribution in [-0.2, 0) is 0 Å². The molecule has 0 aromatic heterocycles. The van der Waals surface area contributed by atoms with Gasteiger partial charge in [0.25, 0.3) is 0 Å². The molecule has 0 bridgehead atoms. The number of phenols is 2. The molecule has 0 aliphatic heterocycles. The molecule has 1 rings (SSSR count). The van der Waals surface area contributed by atoms with Crippen LogP contribution in [-0.4, -0.2) is 15.7 Å². The molecule has 0 saturated heterocycles. The predicted octanol–water partition coefficient (Wildman–Crippen LogP) is 0.435. The minimum Gasteiger partial charge on any atom is -0.504 e. The number of aromatic hydroxyl groups is 2. The molecule has 1 aromatic carbocycles. The molecule has 10 heavy (non-hydrogen) atoms. The minimum atomic E-state index is -0.0764. The number of phenolic OH excluding ortho intramolecular Hbond substituents is 2. The molecule has 0 fully saturated rings. The first kappa shape index (κ1) is 11.5. The number of hydrogen-bond donors (Lipinski definition) is 3. The Morgan fingerprint density at radius 3 is 1.40 bits per heavy atom. The molecule has 0 aliphatic rings. The van der Waals surface area contributed by atoms with E-state index in [4.69, 9.17) is 10.2 Å². The maximum atomic E-state index is 8.67. The van der Waals surface area contributed by atoms with Gasteiger partial charge in [-0.15, -0.1) is 0 Å². The first-order valence-corrected chi connectivity index (χ1v) is 2.27. The van der Waals surface area contributed by atoms with Crippen LogP contribution >= 0.6 is 0 Å². The zero-order valence-electron chi connectivity index (χ0n) is 5.41. The fourth-order valence-electron chi connectivity index (χ4n) is 0.464.